The van der Waals surface area contributed by atoms with Crippen molar-refractivity contribution in [2.45, 2.75) is 18.5 Å². The third-order valence-electron chi connectivity index (χ3n) is 3.51. The van der Waals surface area contributed by atoms with Crippen LogP contribution in [0.15, 0.2) is 42.2 Å². The van der Waals surface area contributed by atoms with Crippen molar-refractivity contribution in [2.75, 3.05) is 18.6 Å². The maximum Gasteiger partial charge on any atom is 0.410 e. The van der Waals surface area contributed by atoms with Gasteiger partial charge in [0.15, 0.2) is 10.5 Å². The highest BCUT2D eigenvalue weighted by molar-refractivity contribution is 7.89. The van der Waals surface area contributed by atoms with E-state index in [4.69, 9.17) is 11.6 Å². The first-order valence-corrected chi connectivity index (χ1v) is 9.74. The lowest BCUT2D eigenvalue weighted by molar-refractivity contribution is -0.121. The molecule has 2 atom stereocenters. The van der Waals surface area contributed by atoms with Gasteiger partial charge < -0.3 is 9.74 Å². The maximum absolute atomic E-state index is 12.9. The molecule has 0 saturated heterocycles. The van der Waals surface area contributed by atoms with Crippen molar-refractivity contribution in [3.63, 3.8) is 0 Å². The molecule has 8 nitrogen and oxygen atoms in total. The number of amides is 1. The molecule has 2 unspecified atom stereocenters. The van der Waals surface area contributed by atoms with Gasteiger partial charge in [0.05, 0.1) is 36.0 Å². The fourth-order valence-electron chi connectivity index (χ4n) is 2.26. The number of nitrogens with zero attached hydrogens (tertiary/aromatic N) is 4. The molecule has 0 fully saturated rings. The van der Waals surface area contributed by atoms with Crippen LogP contribution in [0, 0.1) is 0 Å². The Bertz CT molecular complexity index is 892. The second-order valence-corrected chi connectivity index (χ2v) is 7.18. The van der Waals surface area contributed by atoms with Crippen molar-refractivity contribution in [1.29, 1.82) is 0 Å². The number of halogens is 4. The van der Waals surface area contributed by atoms with Crippen LogP contribution in [0.4, 0.5) is 18.9 Å². The van der Waals surface area contributed by atoms with Gasteiger partial charge in [-0.1, -0.05) is 11.6 Å². The van der Waals surface area contributed by atoms with Crippen LogP contribution in [0.3, 0.4) is 0 Å². The van der Waals surface area contributed by atoms with Crippen molar-refractivity contribution >= 4 is 34.0 Å². The summed E-state index contributed by atoms with van der Waals surface area (Å²) in [7, 11) is -1.23. The first-order valence-electron chi connectivity index (χ1n) is 8.08. The van der Waals surface area contributed by atoms with Crippen LogP contribution in [0.5, 0.6) is 0 Å². The molecule has 1 N–H and O–H groups in total. The van der Waals surface area contributed by atoms with Crippen molar-refractivity contribution in [1.82, 2.24) is 20.2 Å². The van der Waals surface area contributed by atoms with E-state index in [-0.39, 0.29) is 23.5 Å². The summed E-state index contributed by atoms with van der Waals surface area (Å²) >= 11 is 6.16. The number of alkyl halides is 3. The number of rotatable bonds is 8. The third kappa shape index (κ3) is 6.10. The van der Waals surface area contributed by atoms with E-state index in [1.54, 1.807) is 25.3 Å². The average molecular weight is 452 g/mol. The molecule has 0 radical (unpaired) electrons. The number of nitrogens with one attached hydrogen (secondary N) is 1. The van der Waals surface area contributed by atoms with Gasteiger partial charge >= 0.3 is 6.18 Å². The Morgan fingerprint density at radius 3 is 2.79 bits per heavy atom. The molecule has 29 heavy (non-hydrogen) atoms. The highest BCUT2D eigenvalue weighted by Crippen LogP contribution is 2.27. The highest BCUT2D eigenvalue weighted by Gasteiger charge is 2.32. The summed E-state index contributed by atoms with van der Waals surface area (Å²) in [6, 6.07) is 3.40. The number of hydrogen-bond donors (Lipinski definition) is 1. The number of carbonyl (C=O) groups excluding carboxylic acids is 1. The summed E-state index contributed by atoms with van der Waals surface area (Å²) < 4.78 is 50.8. The van der Waals surface area contributed by atoms with E-state index in [1.165, 1.54) is 17.1 Å². The summed E-state index contributed by atoms with van der Waals surface area (Å²) in [6.45, 7) is 1.70. The number of allylic oxidation sites excluding steroid dienone is 1. The summed E-state index contributed by atoms with van der Waals surface area (Å²) in [5.74, 6) is -0.813. The van der Waals surface area contributed by atoms with Crippen molar-refractivity contribution in [3.05, 3.63) is 47.4 Å². The van der Waals surface area contributed by atoms with E-state index in [0.717, 1.165) is 12.0 Å². The van der Waals surface area contributed by atoms with Gasteiger partial charge in [0.1, 0.15) is 5.69 Å². The van der Waals surface area contributed by atoms with Gasteiger partial charge in [0.2, 0.25) is 0 Å². The van der Waals surface area contributed by atoms with Crippen LogP contribution in [0.25, 0.3) is 5.69 Å². The first kappa shape index (κ1) is 23.0. The second-order valence-electron chi connectivity index (χ2n) is 5.42. The Morgan fingerprint density at radius 2 is 2.24 bits per heavy atom. The molecule has 158 valence electrons. The van der Waals surface area contributed by atoms with Gasteiger partial charge in [0, 0.05) is 24.2 Å². The van der Waals surface area contributed by atoms with Crippen molar-refractivity contribution < 1.29 is 27.0 Å². The van der Waals surface area contributed by atoms with Crippen molar-refractivity contribution in [3.8, 4) is 5.69 Å². The van der Waals surface area contributed by atoms with Crippen LogP contribution >= 0.6 is 11.6 Å². The molecule has 2 heterocycles. The van der Waals surface area contributed by atoms with E-state index < -0.39 is 28.3 Å². The Kier molecular flexibility index (Phi) is 7.90. The van der Waals surface area contributed by atoms with Gasteiger partial charge in [-0.25, -0.2) is 4.68 Å². The number of aromatic nitrogens is 3. The van der Waals surface area contributed by atoms with Gasteiger partial charge in [-0.15, -0.1) is 0 Å². The predicted molar refractivity (Wildman–Crippen MR) is 102 cm³/mol. The number of carbonyl (C=O) groups is 1. The molecule has 0 aliphatic rings. The van der Waals surface area contributed by atoms with E-state index in [0.29, 0.717) is 11.1 Å². The lowest BCUT2D eigenvalue weighted by atomic mass is 10.4. The Hall–Kier alpha value is -2.28. The zero-order valence-electron chi connectivity index (χ0n) is 15.3. The molecule has 0 aliphatic carbocycles. The van der Waals surface area contributed by atoms with Crippen LogP contribution in [0.1, 0.15) is 6.92 Å². The van der Waals surface area contributed by atoms with Crippen LogP contribution in [-0.4, -0.2) is 50.1 Å². The molecule has 0 saturated carbocycles. The molecule has 1 amide bonds. The van der Waals surface area contributed by atoms with Gasteiger partial charge in [-0.2, -0.15) is 23.8 Å². The van der Waals surface area contributed by atoms with E-state index in [2.05, 4.69) is 20.4 Å². The largest absolute Gasteiger partial charge is 0.410 e. The number of pyridine rings is 1. The van der Waals surface area contributed by atoms with E-state index in [1.807, 2.05) is 0 Å². The fourth-order valence-corrected chi connectivity index (χ4v) is 3.45. The number of hydroxylamine groups is 1. The zero-order chi connectivity index (χ0) is 21.6. The van der Waals surface area contributed by atoms with Crippen LogP contribution in [-0.2, 0) is 20.4 Å². The summed E-state index contributed by atoms with van der Waals surface area (Å²) in [4.78, 5) is 22.6. The molecule has 2 aromatic rings. The smallest absolute Gasteiger partial charge is 0.306 e. The van der Waals surface area contributed by atoms with Gasteiger partial charge in [0.25, 0.3) is 5.91 Å². The Morgan fingerprint density at radius 1 is 1.52 bits per heavy atom. The van der Waals surface area contributed by atoms with Crippen molar-refractivity contribution in [2.24, 2.45) is 0 Å². The topological polar surface area (TPSA) is 89.4 Å². The molecule has 0 aliphatic heterocycles. The normalized spacial score (nSPS) is 14.1. The Balaban J connectivity index is 2.33. The average Bonchev–Trinajstić information content (AvgIpc) is 3.06. The molecule has 13 heteroatoms. The first-order chi connectivity index (χ1) is 13.7. The van der Waals surface area contributed by atoms with Gasteiger partial charge in [-0.3, -0.25) is 14.0 Å². The minimum atomic E-state index is -4.67. The number of hydrogen-bond acceptors (Lipinski definition) is 6. The lowest BCUT2D eigenvalue weighted by Gasteiger charge is -2.24. The standard InChI is InChI=1S/C16H17ClF3N5O3S/c1-3-24(12-10-25(22-13(12)17)11-5-4-7-21-9-11)15(26)14(23-28-2)29(27)8-6-16(18,19)20/h4-10,14,23H,3H2,1-2H3/b8-6+. The highest BCUT2D eigenvalue weighted by atomic mass is 35.5. The predicted octanol–water partition coefficient (Wildman–Crippen LogP) is 2.58. The van der Waals surface area contributed by atoms with Crippen LogP contribution < -0.4 is 10.4 Å². The minimum Gasteiger partial charge on any atom is -0.306 e. The Labute approximate surface area is 171 Å². The summed E-state index contributed by atoms with van der Waals surface area (Å²) in [5, 5.41) is 2.86. The second kappa shape index (κ2) is 9.96. The molecule has 2 rings (SSSR count). The lowest BCUT2D eigenvalue weighted by Crippen LogP contribution is -2.48. The molecule has 2 aromatic heterocycles. The van der Waals surface area contributed by atoms with Gasteiger partial charge in [-0.05, 0) is 19.1 Å². The van der Waals surface area contributed by atoms with E-state index in [9.17, 15) is 22.2 Å². The number of likely N-dealkylation sites (N-methyl/N-ethyl adjacent to an activating group) is 1. The third-order valence-corrected chi connectivity index (χ3v) is 4.94. The van der Waals surface area contributed by atoms with E-state index >= 15 is 0 Å². The molecule has 0 aromatic carbocycles. The fraction of sp³-hybridized carbons (Fsp3) is 0.312. The maximum atomic E-state index is 12.9. The minimum absolute atomic E-state index is 0.0307. The molecular formula is C16H17ClF3N5O3S. The summed E-state index contributed by atoms with van der Waals surface area (Å²) in [5.41, 5.74) is 2.93. The van der Waals surface area contributed by atoms with Crippen LogP contribution in [0.2, 0.25) is 5.15 Å². The zero-order valence-corrected chi connectivity index (χ0v) is 16.8. The molecule has 0 spiro atoms. The molecule has 0 bridgehead atoms. The molecular weight excluding hydrogens is 435 g/mol. The monoisotopic (exact) mass is 451 g/mol. The summed E-state index contributed by atoms with van der Waals surface area (Å²) in [6.07, 6.45) is -0.321. The quantitative estimate of drug-likeness (QED) is 0.620. The SMILES string of the molecule is CCN(C(=O)C(NOC)S(=O)/C=C/C(F)(F)F)c1cn(-c2cccnc2)nc1Cl. The number of anilines is 1.